The van der Waals surface area contributed by atoms with Crippen molar-refractivity contribution in [2.24, 2.45) is 0 Å². The van der Waals surface area contributed by atoms with E-state index in [4.69, 9.17) is 9.26 Å². The summed E-state index contributed by atoms with van der Waals surface area (Å²) in [5.74, 6) is -0.381. The number of benzene rings is 2. The van der Waals surface area contributed by atoms with E-state index in [-0.39, 0.29) is 11.4 Å². The average molecular weight is 503 g/mol. The Morgan fingerprint density at radius 2 is 1.76 bits per heavy atom. The summed E-state index contributed by atoms with van der Waals surface area (Å²) in [4.78, 5) is 11.1. The van der Waals surface area contributed by atoms with Gasteiger partial charge in [0, 0.05) is 18.2 Å². The minimum atomic E-state index is -0.977. The maximum Gasteiger partial charge on any atom is 0.169 e. The standard InChI is InChI=1S/C27H24F2N6O2/c28-22-5-3-4-21(26(22)29)27-31-24-15-30-35(17-25(24)32-27)16-20-14-23(33-37-20)18-6-8-19(9-7-18)36-13-12-34-10-1-2-11-34/h3-9,14-15,17H,1-2,10-13,16H2. The predicted octanol–water partition coefficient (Wildman–Crippen LogP) is 4.90. The summed E-state index contributed by atoms with van der Waals surface area (Å²) in [5.41, 5.74) is 2.62. The third-order valence-corrected chi connectivity index (χ3v) is 6.41. The van der Waals surface area contributed by atoms with Crippen LogP contribution in [0.15, 0.2) is 65.4 Å². The minimum absolute atomic E-state index is 0.00522. The summed E-state index contributed by atoms with van der Waals surface area (Å²) in [6.45, 7) is 4.26. The molecule has 6 rings (SSSR count). The molecular weight excluding hydrogens is 478 g/mol. The molecule has 4 heterocycles. The first-order valence-corrected chi connectivity index (χ1v) is 12.2. The summed E-state index contributed by atoms with van der Waals surface area (Å²) in [7, 11) is 0. The number of halogens is 2. The summed E-state index contributed by atoms with van der Waals surface area (Å²) in [6, 6.07) is 13.6. The zero-order valence-corrected chi connectivity index (χ0v) is 20.0. The zero-order chi connectivity index (χ0) is 25.2. The number of nitrogens with zero attached hydrogens (tertiary/aromatic N) is 6. The van der Waals surface area contributed by atoms with E-state index in [1.165, 1.54) is 31.2 Å². The van der Waals surface area contributed by atoms with E-state index in [2.05, 4.69) is 25.1 Å². The quantitative estimate of drug-likeness (QED) is 0.298. The highest BCUT2D eigenvalue weighted by Crippen LogP contribution is 2.27. The molecule has 1 fully saturated rings. The van der Waals surface area contributed by atoms with Gasteiger partial charge in [-0.1, -0.05) is 11.2 Å². The molecule has 0 bridgehead atoms. The van der Waals surface area contributed by atoms with Crippen LogP contribution in [0, 0.1) is 11.6 Å². The highest BCUT2D eigenvalue weighted by atomic mass is 19.2. The molecule has 0 saturated carbocycles. The maximum atomic E-state index is 14.2. The molecule has 3 aliphatic rings. The molecule has 37 heavy (non-hydrogen) atoms. The normalized spacial score (nSPS) is 14.0. The molecule has 0 spiro atoms. The van der Waals surface area contributed by atoms with Crippen LogP contribution in [0.2, 0.25) is 0 Å². The molecule has 1 aromatic heterocycles. The van der Waals surface area contributed by atoms with Gasteiger partial charge < -0.3 is 9.26 Å². The molecule has 0 amide bonds. The molecule has 0 atom stereocenters. The molecule has 0 aliphatic carbocycles. The highest BCUT2D eigenvalue weighted by Gasteiger charge is 2.18. The monoisotopic (exact) mass is 502 g/mol. The van der Waals surface area contributed by atoms with Crippen molar-refractivity contribution >= 4 is 0 Å². The molecule has 0 unspecified atom stereocenters. The van der Waals surface area contributed by atoms with Crippen molar-refractivity contribution in [2.45, 2.75) is 19.4 Å². The van der Waals surface area contributed by atoms with Gasteiger partial charge in [-0.25, -0.2) is 18.7 Å². The number of hydrogen-bond donors (Lipinski definition) is 0. The van der Waals surface area contributed by atoms with Crippen LogP contribution in [0.1, 0.15) is 18.6 Å². The topological polar surface area (TPSA) is 82.1 Å². The van der Waals surface area contributed by atoms with E-state index in [1.807, 2.05) is 30.3 Å². The van der Waals surface area contributed by atoms with Crippen LogP contribution in [0.3, 0.4) is 0 Å². The van der Waals surface area contributed by atoms with Crippen LogP contribution in [0.4, 0.5) is 8.78 Å². The lowest BCUT2D eigenvalue weighted by Crippen LogP contribution is -2.25. The van der Waals surface area contributed by atoms with Crippen molar-refractivity contribution in [2.75, 3.05) is 26.2 Å². The van der Waals surface area contributed by atoms with Gasteiger partial charge in [-0.15, -0.1) is 0 Å². The Bertz CT molecular complexity index is 1480. The smallest absolute Gasteiger partial charge is 0.169 e. The number of ether oxygens (including phenoxy) is 1. The van der Waals surface area contributed by atoms with Crippen LogP contribution in [0.5, 0.6) is 5.75 Å². The lowest BCUT2D eigenvalue weighted by molar-refractivity contribution is 0.238. The van der Waals surface area contributed by atoms with Crippen molar-refractivity contribution in [1.82, 2.24) is 29.8 Å². The van der Waals surface area contributed by atoms with Gasteiger partial charge in [0.1, 0.15) is 36.0 Å². The third kappa shape index (κ3) is 5.05. The minimum Gasteiger partial charge on any atom is -0.492 e. The number of rotatable bonds is 8. The number of aromatic nitrogens is 5. The molecule has 3 aromatic rings. The Hall–Kier alpha value is -4.18. The number of hydrogen-bond acceptors (Lipinski definition) is 7. The predicted molar refractivity (Wildman–Crippen MR) is 132 cm³/mol. The Kier molecular flexibility index (Phi) is 6.32. The summed E-state index contributed by atoms with van der Waals surface area (Å²) in [6.07, 6.45) is 5.76. The Morgan fingerprint density at radius 1 is 0.946 bits per heavy atom. The van der Waals surface area contributed by atoms with Gasteiger partial charge in [0.25, 0.3) is 0 Å². The van der Waals surface area contributed by atoms with Crippen molar-refractivity contribution in [3.8, 4) is 39.8 Å². The van der Waals surface area contributed by atoms with Gasteiger partial charge >= 0.3 is 0 Å². The first-order valence-electron chi connectivity index (χ1n) is 12.2. The number of fused-ring (bicyclic) bond motifs is 1. The van der Waals surface area contributed by atoms with Gasteiger partial charge in [0.2, 0.25) is 0 Å². The summed E-state index contributed by atoms with van der Waals surface area (Å²) in [5, 5.41) is 8.52. The lowest BCUT2D eigenvalue weighted by Gasteiger charge is -2.14. The second-order valence-corrected chi connectivity index (χ2v) is 8.99. The molecular formula is C27H24F2N6O2. The summed E-state index contributed by atoms with van der Waals surface area (Å²) < 4.78 is 40.8. The Labute approximate surface area is 211 Å². The van der Waals surface area contributed by atoms with E-state index in [1.54, 1.807) is 10.9 Å². The molecule has 10 heteroatoms. The molecule has 0 radical (unpaired) electrons. The lowest BCUT2D eigenvalue weighted by atomic mass is 10.1. The van der Waals surface area contributed by atoms with Crippen LogP contribution in [-0.2, 0) is 6.54 Å². The molecule has 8 nitrogen and oxygen atoms in total. The maximum absolute atomic E-state index is 14.2. The summed E-state index contributed by atoms with van der Waals surface area (Å²) >= 11 is 0. The fourth-order valence-corrected chi connectivity index (χ4v) is 4.45. The van der Waals surface area contributed by atoms with Crippen LogP contribution >= 0.6 is 0 Å². The van der Waals surface area contributed by atoms with Crippen molar-refractivity contribution in [3.63, 3.8) is 0 Å². The van der Waals surface area contributed by atoms with E-state index >= 15 is 0 Å². The van der Waals surface area contributed by atoms with E-state index in [9.17, 15) is 8.78 Å². The van der Waals surface area contributed by atoms with Gasteiger partial charge in [-0.3, -0.25) is 9.58 Å². The first kappa shape index (κ1) is 23.2. The number of likely N-dealkylation sites (tertiary alicyclic amines) is 1. The van der Waals surface area contributed by atoms with Crippen molar-refractivity contribution in [1.29, 1.82) is 0 Å². The highest BCUT2D eigenvalue weighted by molar-refractivity contribution is 5.65. The van der Waals surface area contributed by atoms with E-state index in [0.29, 0.717) is 36.0 Å². The van der Waals surface area contributed by atoms with Crippen molar-refractivity contribution < 1.29 is 18.0 Å². The van der Waals surface area contributed by atoms with Gasteiger partial charge in [0.15, 0.2) is 23.2 Å². The second-order valence-electron chi connectivity index (χ2n) is 8.99. The van der Waals surface area contributed by atoms with Gasteiger partial charge in [-0.2, -0.15) is 5.10 Å². The van der Waals surface area contributed by atoms with E-state index < -0.39 is 11.6 Å². The average Bonchev–Trinajstić information content (AvgIpc) is 3.67. The molecule has 2 aromatic carbocycles. The molecule has 0 N–H and O–H groups in total. The largest absolute Gasteiger partial charge is 0.492 e. The van der Waals surface area contributed by atoms with Crippen molar-refractivity contribution in [3.05, 3.63) is 78.3 Å². The van der Waals surface area contributed by atoms with Crippen LogP contribution in [0.25, 0.3) is 34.0 Å². The third-order valence-electron chi connectivity index (χ3n) is 6.41. The number of imidazole rings is 1. The fourth-order valence-electron chi connectivity index (χ4n) is 4.45. The second kappa shape index (κ2) is 10.1. The Morgan fingerprint density at radius 3 is 2.59 bits per heavy atom. The zero-order valence-electron chi connectivity index (χ0n) is 20.0. The van der Waals surface area contributed by atoms with Gasteiger partial charge in [0.05, 0.1) is 18.0 Å². The molecule has 1 saturated heterocycles. The first-order chi connectivity index (χ1) is 18.1. The van der Waals surface area contributed by atoms with Crippen LogP contribution < -0.4 is 4.74 Å². The van der Waals surface area contributed by atoms with Gasteiger partial charge in [-0.05, 0) is 62.3 Å². The van der Waals surface area contributed by atoms with E-state index in [0.717, 1.165) is 37.0 Å². The fraction of sp³-hybridized carbons (Fsp3) is 0.259. The SMILES string of the molecule is Fc1cccc(-c2nc3cnn(Cc4cc(-c5ccc(OCCN6CCCC6)cc5)no4)cc-3n2)c1F. The molecule has 3 aliphatic heterocycles. The Balaban J connectivity index is 1.11. The molecule has 188 valence electrons. The van der Waals surface area contributed by atoms with Crippen LogP contribution in [-0.4, -0.2) is 56.0 Å².